The molecule has 0 saturated carbocycles. The Kier molecular flexibility index (Phi) is 7.29. The maximum absolute atomic E-state index is 13.4. The lowest BCUT2D eigenvalue weighted by atomic mass is 10.1. The van der Waals surface area contributed by atoms with E-state index >= 15 is 0 Å². The molecule has 4 aromatic rings. The van der Waals surface area contributed by atoms with Crippen LogP contribution in [0, 0.1) is 0 Å². The molecule has 1 amide bonds. The van der Waals surface area contributed by atoms with Crippen molar-refractivity contribution in [3.8, 4) is 17.2 Å². The molecule has 36 heavy (non-hydrogen) atoms. The third kappa shape index (κ3) is 5.20. The Bertz CT molecular complexity index is 1490. The standard InChI is InChI=1S/C27H26N4O5/c1-18(20-10-5-4-6-11-20)28-25(32)24-26(33)30(17-19-9-7-13-22(15-19)35-2)27(34)31(29-24)21-12-8-14-23(16-21)36-3/h4-16,18H,17H2,1-3H3,(H,28,32)/t18-/m1/s1. The molecule has 1 atom stereocenters. The van der Waals surface area contributed by atoms with Gasteiger partial charge < -0.3 is 14.8 Å². The first-order valence-electron chi connectivity index (χ1n) is 11.3. The molecule has 0 radical (unpaired) electrons. The van der Waals surface area contributed by atoms with E-state index in [0.29, 0.717) is 22.7 Å². The van der Waals surface area contributed by atoms with E-state index in [4.69, 9.17) is 9.47 Å². The normalized spacial score (nSPS) is 11.5. The topological polar surface area (TPSA) is 104 Å². The van der Waals surface area contributed by atoms with Gasteiger partial charge in [0, 0.05) is 6.07 Å². The minimum Gasteiger partial charge on any atom is -0.497 e. The smallest absolute Gasteiger partial charge is 0.352 e. The van der Waals surface area contributed by atoms with Crippen molar-refractivity contribution in [1.29, 1.82) is 0 Å². The molecular formula is C27H26N4O5. The summed E-state index contributed by atoms with van der Waals surface area (Å²) in [6, 6.07) is 22.6. The molecular weight excluding hydrogens is 460 g/mol. The van der Waals surface area contributed by atoms with Crippen molar-refractivity contribution in [3.63, 3.8) is 0 Å². The van der Waals surface area contributed by atoms with Gasteiger partial charge in [0.1, 0.15) is 11.5 Å². The Labute approximate surface area is 207 Å². The van der Waals surface area contributed by atoms with Crippen LogP contribution in [0.15, 0.2) is 88.5 Å². The van der Waals surface area contributed by atoms with Crippen molar-refractivity contribution in [2.75, 3.05) is 14.2 Å². The minimum atomic E-state index is -0.792. The number of aromatic nitrogens is 3. The van der Waals surface area contributed by atoms with Crippen LogP contribution in [-0.2, 0) is 6.54 Å². The summed E-state index contributed by atoms with van der Waals surface area (Å²) in [7, 11) is 3.03. The van der Waals surface area contributed by atoms with Gasteiger partial charge in [-0.15, -0.1) is 0 Å². The van der Waals surface area contributed by atoms with Gasteiger partial charge in [-0.05, 0) is 42.3 Å². The Morgan fingerprint density at radius 2 is 1.58 bits per heavy atom. The third-order valence-electron chi connectivity index (χ3n) is 5.69. The Morgan fingerprint density at radius 1 is 0.917 bits per heavy atom. The van der Waals surface area contributed by atoms with Gasteiger partial charge >= 0.3 is 5.69 Å². The first-order valence-corrected chi connectivity index (χ1v) is 11.3. The summed E-state index contributed by atoms with van der Waals surface area (Å²) in [5.41, 5.74) is -0.0138. The summed E-state index contributed by atoms with van der Waals surface area (Å²) >= 11 is 0. The van der Waals surface area contributed by atoms with Crippen LogP contribution in [0.25, 0.3) is 5.69 Å². The maximum atomic E-state index is 13.4. The number of carbonyl (C=O) groups excluding carboxylic acids is 1. The molecule has 0 spiro atoms. The van der Waals surface area contributed by atoms with Crippen molar-refractivity contribution < 1.29 is 14.3 Å². The number of carbonyl (C=O) groups is 1. The predicted molar refractivity (Wildman–Crippen MR) is 135 cm³/mol. The van der Waals surface area contributed by atoms with Gasteiger partial charge in [0.15, 0.2) is 0 Å². The van der Waals surface area contributed by atoms with E-state index in [1.165, 1.54) is 14.2 Å². The summed E-state index contributed by atoms with van der Waals surface area (Å²) < 4.78 is 12.5. The Morgan fingerprint density at radius 3 is 2.28 bits per heavy atom. The quantitative estimate of drug-likeness (QED) is 0.411. The van der Waals surface area contributed by atoms with Gasteiger partial charge in [0.05, 0.1) is 32.5 Å². The number of methoxy groups -OCH3 is 2. The van der Waals surface area contributed by atoms with E-state index in [-0.39, 0.29) is 12.6 Å². The molecule has 1 N–H and O–H groups in total. The van der Waals surface area contributed by atoms with Gasteiger partial charge in [0.25, 0.3) is 11.5 Å². The molecule has 1 heterocycles. The molecule has 184 valence electrons. The fraction of sp³-hybridized carbons (Fsp3) is 0.185. The van der Waals surface area contributed by atoms with Crippen LogP contribution in [-0.4, -0.2) is 34.5 Å². The van der Waals surface area contributed by atoms with Crippen LogP contribution in [0.3, 0.4) is 0 Å². The first-order chi connectivity index (χ1) is 17.4. The molecule has 0 aliphatic rings. The highest BCUT2D eigenvalue weighted by atomic mass is 16.5. The van der Waals surface area contributed by atoms with Crippen LogP contribution < -0.4 is 26.0 Å². The molecule has 0 aliphatic heterocycles. The van der Waals surface area contributed by atoms with Crippen LogP contribution in [0.2, 0.25) is 0 Å². The van der Waals surface area contributed by atoms with E-state index in [0.717, 1.165) is 14.8 Å². The lowest BCUT2D eigenvalue weighted by Crippen LogP contribution is -2.46. The van der Waals surface area contributed by atoms with Gasteiger partial charge in [-0.2, -0.15) is 9.78 Å². The largest absolute Gasteiger partial charge is 0.497 e. The zero-order valence-corrected chi connectivity index (χ0v) is 20.2. The van der Waals surface area contributed by atoms with Crippen molar-refractivity contribution in [1.82, 2.24) is 19.7 Å². The highest BCUT2D eigenvalue weighted by molar-refractivity contribution is 5.92. The van der Waals surface area contributed by atoms with Crippen molar-refractivity contribution >= 4 is 5.91 Å². The number of hydrogen-bond acceptors (Lipinski definition) is 6. The molecule has 4 rings (SSSR count). The number of nitrogens with one attached hydrogen (secondary N) is 1. The molecule has 0 aliphatic carbocycles. The molecule has 0 unspecified atom stereocenters. The number of hydrogen-bond donors (Lipinski definition) is 1. The number of rotatable bonds is 8. The number of benzene rings is 3. The van der Waals surface area contributed by atoms with Crippen LogP contribution in [0.1, 0.15) is 34.6 Å². The minimum absolute atomic E-state index is 0.0735. The predicted octanol–water partition coefficient (Wildman–Crippen LogP) is 2.95. The fourth-order valence-electron chi connectivity index (χ4n) is 3.75. The zero-order valence-electron chi connectivity index (χ0n) is 20.2. The highest BCUT2D eigenvalue weighted by Crippen LogP contribution is 2.16. The van der Waals surface area contributed by atoms with E-state index in [1.807, 2.05) is 30.3 Å². The zero-order chi connectivity index (χ0) is 25.7. The molecule has 0 bridgehead atoms. The number of ether oxygens (including phenoxy) is 2. The monoisotopic (exact) mass is 486 g/mol. The van der Waals surface area contributed by atoms with Gasteiger partial charge in [0.2, 0.25) is 5.69 Å². The van der Waals surface area contributed by atoms with Crippen molar-refractivity contribution in [2.24, 2.45) is 0 Å². The van der Waals surface area contributed by atoms with E-state index < -0.39 is 22.9 Å². The molecule has 1 aromatic heterocycles. The van der Waals surface area contributed by atoms with Crippen LogP contribution in [0.4, 0.5) is 0 Å². The van der Waals surface area contributed by atoms with E-state index in [2.05, 4.69) is 10.4 Å². The third-order valence-corrected chi connectivity index (χ3v) is 5.69. The van der Waals surface area contributed by atoms with Crippen LogP contribution in [0.5, 0.6) is 11.5 Å². The maximum Gasteiger partial charge on any atom is 0.352 e. The molecule has 3 aromatic carbocycles. The summed E-state index contributed by atoms with van der Waals surface area (Å²) in [5, 5.41) is 6.99. The van der Waals surface area contributed by atoms with Crippen LogP contribution >= 0.6 is 0 Å². The molecule has 9 nitrogen and oxygen atoms in total. The summed E-state index contributed by atoms with van der Waals surface area (Å²) in [5.74, 6) is 0.389. The lowest BCUT2D eigenvalue weighted by molar-refractivity contribution is 0.0930. The average Bonchev–Trinajstić information content (AvgIpc) is 2.91. The van der Waals surface area contributed by atoms with E-state index in [9.17, 15) is 14.4 Å². The number of amides is 1. The fourth-order valence-corrected chi connectivity index (χ4v) is 3.75. The van der Waals surface area contributed by atoms with Gasteiger partial charge in [-0.3, -0.25) is 14.2 Å². The first kappa shape index (κ1) is 24.5. The average molecular weight is 487 g/mol. The molecule has 0 saturated heterocycles. The second-order valence-electron chi connectivity index (χ2n) is 8.09. The second-order valence-corrected chi connectivity index (χ2v) is 8.09. The van der Waals surface area contributed by atoms with Crippen molar-refractivity contribution in [2.45, 2.75) is 19.5 Å². The SMILES string of the molecule is COc1cccc(Cn2c(=O)c(C(=O)N[C@H](C)c3ccccc3)nn(-c3cccc(OC)c3)c2=O)c1. The second kappa shape index (κ2) is 10.7. The Hall–Kier alpha value is -4.66. The number of nitrogens with zero attached hydrogens (tertiary/aromatic N) is 3. The summed E-state index contributed by atoms with van der Waals surface area (Å²) in [6.07, 6.45) is 0. The molecule has 0 fully saturated rings. The summed E-state index contributed by atoms with van der Waals surface area (Å²) in [6.45, 7) is 1.73. The van der Waals surface area contributed by atoms with Crippen molar-refractivity contribution in [3.05, 3.63) is 117 Å². The highest BCUT2D eigenvalue weighted by Gasteiger charge is 2.22. The Balaban J connectivity index is 1.82. The van der Waals surface area contributed by atoms with Gasteiger partial charge in [-0.1, -0.05) is 48.5 Å². The lowest BCUT2D eigenvalue weighted by Gasteiger charge is -2.16. The molecule has 9 heteroatoms. The van der Waals surface area contributed by atoms with Gasteiger partial charge in [-0.25, -0.2) is 4.79 Å². The summed E-state index contributed by atoms with van der Waals surface area (Å²) in [4.78, 5) is 40.0. The van der Waals surface area contributed by atoms with E-state index in [1.54, 1.807) is 55.5 Å².